The molecular weight excluding hydrogens is 204 g/mol. The van der Waals surface area contributed by atoms with Gasteiger partial charge in [0.05, 0.1) is 6.10 Å². The van der Waals surface area contributed by atoms with Crippen molar-refractivity contribution in [2.75, 3.05) is 6.54 Å². The molecule has 1 heterocycles. The first kappa shape index (κ1) is 11.1. The Balaban J connectivity index is 1.90. The third-order valence-corrected chi connectivity index (χ3v) is 2.86. The van der Waals surface area contributed by atoms with E-state index in [1.807, 2.05) is 13.0 Å². The molecule has 0 spiro atoms. The molecule has 1 unspecified atom stereocenters. The molecule has 1 aliphatic carbocycles. The van der Waals surface area contributed by atoms with Gasteiger partial charge in [0.2, 0.25) is 0 Å². The van der Waals surface area contributed by atoms with E-state index in [2.05, 4.69) is 10.3 Å². The molecule has 4 nitrogen and oxygen atoms in total. The van der Waals surface area contributed by atoms with Gasteiger partial charge >= 0.3 is 0 Å². The van der Waals surface area contributed by atoms with Crippen LogP contribution in [0.2, 0.25) is 0 Å². The van der Waals surface area contributed by atoms with E-state index < -0.39 is 6.10 Å². The summed E-state index contributed by atoms with van der Waals surface area (Å²) in [5.74, 6) is 0.169. The fourth-order valence-electron chi connectivity index (χ4n) is 1.65. The fraction of sp³-hybridized carbons (Fsp3) is 0.500. The summed E-state index contributed by atoms with van der Waals surface area (Å²) in [4.78, 5) is 15.8. The molecule has 4 heteroatoms. The van der Waals surface area contributed by atoms with Gasteiger partial charge in [-0.1, -0.05) is 6.07 Å². The van der Waals surface area contributed by atoms with Crippen LogP contribution in [0.15, 0.2) is 18.3 Å². The number of aromatic nitrogens is 1. The van der Waals surface area contributed by atoms with E-state index in [0.717, 1.165) is 18.4 Å². The summed E-state index contributed by atoms with van der Waals surface area (Å²) in [7, 11) is 0. The van der Waals surface area contributed by atoms with E-state index in [0.29, 0.717) is 18.2 Å². The highest BCUT2D eigenvalue weighted by Crippen LogP contribution is 2.32. The minimum absolute atomic E-state index is 0.210. The van der Waals surface area contributed by atoms with Gasteiger partial charge in [-0.2, -0.15) is 0 Å². The van der Waals surface area contributed by atoms with Crippen molar-refractivity contribution in [3.8, 4) is 0 Å². The summed E-state index contributed by atoms with van der Waals surface area (Å²) in [6.45, 7) is 2.17. The Labute approximate surface area is 94.7 Å². The number of amides is 1. The van der Waals surface area contributed by atoms with E-state index in [4.69, 9.17) is 0 Å². The van der Waals surface area contributed by atoms with Gasteiger partial charge in [-0.05, 0) is 37.3 Å². The number of aryl methyl sites for hydroxylation is 1. The summed E-state index contributed by atoms with van der Waals surface area (Å²) < 4.78 is 0. The van der Waals surface area contributed by atoms with Crippen LogP contribution in [0.3, 0.4) is 0 Å². The zero-order valence-electron chi connectivity index (χ0n) is 9.31. The predicted molar refractivity (Wildman–Crippen MR) is 60.0 cm³/mol. The summed E-state index contributed by atoms with van der Waals surface area (Å²) in [6, 6.07) is 3.64. The van der Waals surface area contributed by atoms with Crippen LogP contribution in [0.4, 0.5) is 0 Å². The molecule has 1 aromatic rings. The monoisotopic (exact) mass is 220 g/mol. The Bertz CT molecular complexity index is 388. The standard InChI is InChI=1S/C12H16N2O2/c1-8-3-2-6-13-11(8)12(16)14-7-10(15)9-4-5-9/h2-3,6,9-10,15H,4-5,7H2,1H3,(H,14,16). The number of rotatable bonds is 4. The van der Waals surface area contributed by atoms with Gasteiger partial charge in [0.15, 0.2) is 0 Å². The number of carbonyl (C=O) groups is 1. The molecule has 1 aromatic heterocycles. The smallest absolute Gasteiger partial charge is 0.270 e. The number of aliphatic hydroxyl groups excluding tert-OH is 1. The number of carbonyl (C=O) groups excluding carboxylic acids is 1. The fourth-order valence-corrected chi connectivity index (χ4v) is 1.65. The summed E-state index contributed by atoms with van der Waals surface area (Å²) >= 11 is 0. The lowest BCUT2D eigenvalue weighted by Gasteiger charge is -2.11. The van der Waals surface area contributed by atoms with Crippen molar-refractivity contribution < 1.29 is 9.90 Å². The van der Waals surface area contributed by atoms with Crippen LogP contribution in [0, 0.1) is 12.8 Å². The molecule has 0 aliphatic heterocycles. The Morgan fingerprint density at radius 3 is 3.06 bits per heavy atom. The maximum atomic E-state index is 11.7. The van der Waals surface area contributed by atoms with Gasteiger partial charge in [0.1, 0.15) is 5.69 Å². The van der Waals surface area contributed by atoms with Crippen molar-refractivity contribution in [1.82, 2.24) is 10.3 Å². The van der Waals surface area contributed by atoms with Crippen molar-refractivity contribution >= 4 is 5.91 Å². The third-order valence-electron chi connectivity index (χ3n) is 2.86. The molecule has 0 radical (unpaired) electrons. The number of aliphatic hydroxyl groups is 1. The quantitative estimate of drug-likeness (QED) is 0.792. The van der Waals surface area contributed by atoms with Gasteiger partial charge in [-0.25, -0.2) is 0 Å². The molecule has 1 atom stereocenters. The van der Waals surface area contributed by atoms with Gasteiger partial charge in [0.25, 0.3) is 5.91 Å². The van der Waals surface area contributed by atoms with Crippen molar-refractivity contribution in [2.24, 2.45) is 5.92 Å². The predicted octanol–water partition coefficient (Wildman–Crippen LogP) is 0.891. The number of hydrogen-bond acceptors (Lipinski definition) is 3. The summed E-state index contributed by atoms with van der Waals surface area (Å²) in [5.41, 5.74) is 1.28. The van der Waals surface area contributed by atoms with Crippen molar-refractivity contribution in [3.63, 3.8) is 0 Å². The first-order valence-corrected chi connectivity index (χ1v) is 5.56. The van der Waals surface area contributed by atoms with Crippen molar-refractivity contribution in [1.29, 1.82) is 0 Å². The van der Waals surface area contributed by atoms with Crippen LogP contribution in [-0.4, -0.2) is 28.6 Å². The highest BCUT2D eigenvalue weighted by atomic mass is 16.3. The molecule has 0 saturated heterocycles. The van der Waals surface area contributed by atoms with E-state index >= 15 is 0 Å². The minimum Gasteiger partial charge on any atom is -0.391 e. The Hall–Kier alpha value is -1.42. The normalized spacial score (nSPS) is 16.9. The molecule has 1 fully saturated rings. The molecule has 1 amide bonds. The molecule has 1 saturated carbocycles. The van der Waals surface area contributed by atoms with Crippen molar-refractivity contribution in [3.05, 3.63) is 29.6 Å². The Kier molecular flexibility index (Phi) is 3.19. The summed E-state index contributed by atoms with van der Waals surface area (Å²) in [6.07, 6.45) is 3.33. The number of hydrogen-bond donors (Lipinski definition) is 2. The van der Waals surface area contributed by atoms with E-state index in [1.54, 1.807) is 12.3 Å². The maximum Gasteiger partial charge on any atom is 0.270 e. The first-order chi connectivity index (χ1) is 7.68. The lowest BCUT2D eigenvalue weighted by atomic mass is 10.2. The topological polar surface area (TPSA) is 62.2 Å². The molecular formula is C12H16N2O2. The largest absolute Gasteiger partial charge is 0.391 e. The van der Waals surface area contributed by atoms with Crippen molar-refractivity contribution in [2.45, 2.75) is 25.9 Å². The van der Waals surface area contributed by atoms with E-state index in [-0.39, 0.29) is 5.91 Å². The van der Waals surface area contributed by atoms with Crippen LogP contribution in [0.5, 0.6) is 0 Å². The third kappa shape index (κ3) is 2.58. The van der Waals surface area contributed by atoms with Crippen LogP contribution in [0.25, 0.3) is 0 Å². The second-order valence-corrected chi connectivity index (χ2v) is 4.28. The molecule has 0 bridgehead atoms. The average Bonchev–Trinajstić information content (AvgIpc) is 3.10. The molecule has 16 heavy (non-hydrogen) atoms. The second kappa shape index (κ2) is 4.61. The highest BCUT2D eigenvalue weighted by Gasteiger charge is 2.29. The maximum absolute atomic E-state index is 11.7. The zero-order valence-corrected chi connectivity index (χ0v) is 9.31. The Morgan fingerprint density at radius 1 is 1.69 bits per heavy atom. The second-order valence-electron chi connectivity index (χ2n) is 4.28. The van der Waals surface area contributed by atoms with Crippen LogP contribution in [-0.2, 0) is 0 Å². The first-order valence-electron chi connectivity index (χ1n) is 5.56. The minimum atomic E-state index is -0.409. The Morgan fingerprint density at radius 2 is 2.44 bits per heavy atom. The van der Waals surface area contributed by atoms with Gasteiger partial charge in [-0.15, -0.1) is 0 Å². The van der Waals surface area contributed by atoms with Crippen LogP contribution in [0.1, 0.15) is 28.9 Å². The molecule has 0 aromatic carbocycles. The number of nitrogens with zero attached hydrogens (tertiary/aromatic N) is 1. The highest BCUT2D eigenvalue weighted by molar-refractivity contribution is 5.93. The number of nitrogens with one attached hydrogen (secondary N) is 1. The lowest BCUT2D eigenvalue weighted by Crippen LogP contribution is -2.33. The van der Waals surface area contributed by atoms with Gasteiger partial charge < -0.3 is 10.4 Å². The SMILES string of the molecule is Cc1cccnc1C(=O)NCC(O)C1CC1. The molecule has 2 rings (SSSR count). The van der Waals surface area contributed by atoms with Crippen LogP contribution < -0.4 is 5.32 Å². The summed E-state index contributed by atoms with van der Waals surface area (Å²) in [5, 5.41) is 12.3. The molecule has 86 valence electrons. The average molecular weight is 220 g/mol. The van der Waals surface area contributed by atoms with E-state index in [9.17, 15) is 9.90 Å². The van der Waals surface area contributed by atoms with Crippen LogP contribution >= 0.6 is 0 Å². The zero-order chi connectivity index (χ0) is 11.5. The molecule has 2 N–H and O–H groups in total. The number of pyridine rings is 1. The van der Waals surface area contributed by atoms with Gasteiger partial charge in [-0.3, -0.25) is 9.78 Å². The molecule has 1 aliphatic rings. The lowest BCUT2D eigenvalue weighted by molar-refractivity contribution is 0.0895. The van der Waals surface area contributed by atoms with E-state index in [1.165, 1.54) is 0 Å². The van der Waals surface area contributed by atoms with Gasteiger partial charge in [0, 0.05) is 12.7 Å².